The van der Waals surface area contributed by atoms with Gasteiger partial charge in [0.15, 0.2) is 0 Å². The van der Waals surface area contributed by atoms with Crippen LogP contribution < -0.4 is 11.1 Å². The van der Waals surface area contributed by atoms with Gasteiger partial charge in [-0.25, -0.2) is 4.79 Å². The number of esters is 1. The number of hydrogen-bond donors (Lipinski definition) is 2. The second-order valence-electron chi connectivity index (χ2n) is 5.13. The highest BCUT2D eigenvalue weighted by Gasteiger charge is 2.23. The average Bonchev–Trinajstić information content (AvgIpc) is 2.88. The van der Waals surface area contributed by atoms with Crippen LogP contribution in [-0.4, -0.2) is 36.1 Å². The SMILES string of the molecule is COC(=O)[C@H](CCCN)NC(=O)c1cc2ccccc2n1C. The first kappa shape index (κ1) is 16.0. The number of aromatic nitrogens is 1. The van der Waals surface area contributed by atoms with Crippen molar-refractivity contribution in [1.82, 2.24) is 9.88 Å². The Kier molecular flexibility index (Phi) is 5.16. The lowest BCUT2D eigenvalue weighted by Crippen LogP contribution is -2.42. The van der Waals surface area contributed by atoms with Gasteiger partial charge in [0.25, 0.3) is 5.91 Å². The molecule has 2 rings (SSSR count). The highest BCUT2D eigenvalue weighted by Crippen LogP contribution is 2.18. The topological polar surface area (TPSA) is 86.3 Å². The van der Waals surface area contributed by atoms with Gasteiger partial charge >= 0.3 is 5.97 Å². The quantitative estimate of drug-likeness (QED) is 0.785. The monoisotopic (exact) mass is 303 g/mol. The summed E-state index contributed by atoms with van der Waals surface area (Å²) in [5.74, 6) is -0.758. The van der Waals surface area contributed by atoms with E-state index in [9.17, 15) is 9.59 Å². The molecule has 1 aromatic heterocycles. The van der Waals surface area contributed by atoms with Gasteiger partial charge in [-0.2, -0.15) is 0 Å². The molecule has 1 atom stereocenters. The molecule has 0 fully saturated rings. The maximum absolute atomic E-state index is 12.5. The van der Waals surface area contributed by atoms with Crippen molar-refractivity contribution in [2.45, 2.75) is 18.9 Å². The van der Waals surface area contributed by atoms with E-state index >= 15 is 0 Å². The molecule has 0 bridgehead atoms. The number of carbonyl (C=O) groups excluding carboxylic acids is 2. The van der Waals surface area contributed by atoms with E-state index in [2.05, 4.69) is 5.32 Å². The van der Waals surface area contributed by atoms with E-state index in [4.69, 9.17) is 10.5 Å². The van der Waals surface area contributed by atoms with Crippen LogP contribution in [0.15, 0.2) is 30.3 Å². The first-order valence-electron chi connectivity index (χ1n) is 7.21. The minimum atomic E-state index is -0.681. The number of ether oxygens (including phenoxy) is 1. The summed E-state index contributed by atoms with van der Waals surface area (Å²) in [7, 11) is 3.13. The van der Waals surface area contributed by atoms with E-state index in [0.717, 1.165) is 10.9 Å². The number of carbonyl (C=O) groups is 2. The van der Waals surface area contributed by atoms with Crippen molar-refractivity contribution in [1.29, 1.82) is 0 Å². The van der Waals surface area contributed by atoms with Gasteiger partial charge in [-0.05, 0) is 31.5 Å². The number of aryl methyl sites for hydroxylation is 1. The number of nitrogens with one attached hydrogen (secondary N) is 1. The first-order valence-corrected chi connectivity index (χ1v) is 7.21. The van der Waals surface area contributed by atoms with Crippen molar-refractivity contribution in [2.75, 3.05) is 13.7 Å². The van der Waals surface area contributed by atoms with Gasteiger partial charge in [0.2, 0.25) is 0 Å². The Hall–Kier alpha value is -2.34. The second kappa shape index (κ2) is 7.09. The third kappa shape index (κ3) is 3.28. The van der Waals surface area contributed by atoms with Gasteiger partial charge in [0, 0.05) is 18.0 Å². The fourth-order valence-electron chi connectivity index (χ4n) is 2.45. The highest BCUT2D eigenvalue weighted by atomic mass is 16.5. The maximum Gasteiger partial charge on any atom is 0.328 e. The minimum absolute atomic E-state index is 0.300. The van der Waals surface area contributed by atoms with Crippen molar-refractivity contribution in [2.24, 2.45) is 12.8 Å². The van der Waals surface area contributed by atoms with Crippen LogP contribution >= 0.6 is 0 Å². The molecular formula is C16H21N3O3. The first-order chi connectivity index (χ1) is 10.6. The third-order valence-electron chi connectivity index (χ3n) is 3.67. The molecule has 6 nitrogen and oxygen atoms in total. The predicted molar refractivity (Wildman–Crippen MR) is 84.5 cm³/mol. The molecule has 1 aromatic carbocycles. The fraction of sp³-hybridized carbons (Fsp3) is 0.375. The van der Waals surface area contributed by atoms with Crippen LogP contribution in [0.1, 0.15) is 23.3 Å². The number of nitrogens with two attached hydrogens (primary N) is 1. The molecule has 6 heteroatoms. The predicted octanol–water partition coefficient (Wildman–Crippen LogP) is 1.19. The van der Waals surface area contributed by atoms with E-state index in [0.29, 0.717) is 25.1 Å². The van der Waals surface area contributed by atoms with Gasteiger partial charge < -0.3 is 20.4 Å². The van der Waals surface area contributed by atoms with Crippen molar-refractivity contribution >= 4 is 22.8 Å². The standard InChI is InChI=1S/C16H21N3O3/c1-19-13-8-4-3-6-11(13)10-14(19)15(20)18-12(7-5-9-17)16(21)22-2/h3-4,6,8,10,12H,5,7,9,17H2,1-2H3,(H,18,20)/t12-/m0/s1. The zero-order valence-corrected chi connectivity index (χ0v) is 12.8. The van der Waals surface area contributed by atoms with Crippen LogP contribution in [0.25, 0.3) is 10.9 Å². The number of rotatable bonds is 6. The molecule has 0 unspecified atom stereocenters. The lowest BCUT2D eigenvalue weighted by atomic mass is 10.1. The number of methoxy groups -OCH3 is 1. The average molecular weight is 303 g/mol. The molecule has 22 heavy (non-hydrogen) atoms. The van der Waals surface area contributed by atoms with Gasteiger partial charge in [-0.3, -0.25) is 4.79 Å². The number of nitrogens with zero attached hydrogens (tertiary/aromatic N) is 1. The van der Waals surface area contributed by atoms with Crippen LogP contribution in [0.4, 0.5) is 0 Å². The minimum Gasteiger partial charge on any atom is -0.467 e. The van der Waals surface area contributed by atoms with Crippen LogP contribution in [0, 0.1) is 0 Å². The van der Waals surface area contributed by atoms with E-state index < -0.39 is 12.0 Å². The second-order valence-corrected chi connectivity index (χ2v) is 5.13. The van der Waals surface area contributed by atoms with Gasteiger partial charge in [0.05, 0.1) is 7.11 Å². The summed E-state index contributed by atoms with van der Waals surface area (Å²) in [5, 5.41) is 3.71. The van der Waals surface area contributed by atoms with Crippen molar-refractivity contribution < 1.29 is 14.3 Å². The largest absolute Gasteiger partial charge is 0.467 e. The van der Waals surface area contributed by atoms with E-state index in [1.54, 1.807) is 0 Å². The Morgan fingerprint density at radius 3 is 2.73 bits per heavy atom. The highest BCUT2D eigenvalue weighted by molar-refractivity contribution is 6.00. The molecular weight excluding hydrogens is 282 g/mol. The molecule has 0 aliphatic heterocycles. The zero-order valence-electron chi connectivity index (χ0n) is 12.8. The van der Waals surface area contributed by atoms with E-state index in [-0.39, 0.29) is 5.91 Å². The Morgan fingerprint density at radius 1 is 1.36 bits per heavy atom. The number of benzene rings is 1. The Balaban J connectivity index is 2.21. The summed E-state index contributed by atoms with van der Waals surface area (Å²) < 4.78 is 6.54. The third-order valence-corrected chi connectivity index (χ3v) is 3.67. The molecule has 0 aliphatic rings. The lowest BCUT2D eigenvalue weighted by molar-refractivity contribution is -0.143. The van der Waals surface area contributed by atoms with E-state index in [1.165, 1.54) is 7.11 Å². The summed E-state index contributed by atoms with van der Waals surface area (Å²) in [6.07, 6.45) is 1.09. The summed E-state index contributed by atoms with van der Waals surface area (Å²) in [6.45, 7) is 0.456. The van der Waals surface area contributed by atoms with E-state index in [1.807, 2.05) is 41.9 Å². The smallest absolute Gasteiger partial charge is 0.328 e. The number of amides is 1. The van der Waals surface area contributed by atoms with Gasteiger partial charge in [-0.15, -0.1) is 0 Å². The van der Waals surface area contributed by atoms with Crippen molar-refractivity contribution in [3.05, 3.63) is 36.0 Å². The number of para-hydroxylation sites is 1. The van der Waals surface area contributed by atoms with Gasteiger partial charge in [0.1, 0.15) is 11.7 Å². The molecule has 0 saturated carbocycles. The summed E-state index contributed by atoms with van der Waals surface area (Å²) in [4.78, 5) is 24.2. The molecule has 2 aromatic rings. The lowest BCUT2D eigenvalue weighted by Gasteiger charge is -2.16. The van der Waals surface area contributed by atoms with Crippen LogP contribution in [0.3, 0.4) is 0 Å². The summed E-state index contributed by atoms with van der Waals surface area (Å²) >= 11 is 0. The Bertz CT molecular complexity index is 678. The molecule has 0 aliphatic carbocycles. The molecule has 1 amide bonds. The normalized spacial score (nSPS) is 12.1. The summed E-state index contributed by atoms with van der Waals surface area (Å²) in [5.41, 5.74) is 6.93. The molecule has 0 radical (unpaired) electrons. The zero-order chi connectivity index (χ0) is 16.1. The maximum atomic E-state index is 12.5. The Morgan fingerprint density at radius 2 is 2.09 bits per heavy atom. The molecule has 118 valence electrons. The molecule has 1 heterocycles. The fourth-order valence-corrected chi connectivity index (χ4v) is 2.45. The van der Waals surface area contributed by atoms with Crippen molar-refractivity contribution in [3.63, 3.8) is 0 Å². The molecule has 0 saturated heterocycles. The van der Waals surface area contributed by atoms with Crippen molar-refractivity contribution in [3.8, 4) is 0 Å². The van der Waals surface area contributed by atoms with Crippen LogP contribution in [-0.2, 0) is 16.6 Å². The molecule has 0 spiro atoms. The van der Waals surface area contributed by atoms with Crippen LogP contribution in [0.5, 0.6) is 0 Å². The van der Waals surface area contributed by atoms with Crippen LogP contribution in [0.2, 0.25) is 0 Å². The number of fused-ring (bicyclic) bond motifs is 1. The summed E-state index contributed by atoms with van der Waals surface area (Å²) in [6, 6.07) is 8.85. The molecule has 3 N–H and O–H groups in total. The van der Waals surface area contributed by atoms with Gasteiger partial charge in [-0.1, -0.05) is 18.2 Å². The number of hydrogen-bond acceptors (Lipinski definition) is 4. The Labute approximate surface area is 129 Å².